The lowest BCUT2D eigenvalue weighted by Gasteiger charge is -2.61. The van der Waals surface area contributed by atoms with E-state index in [1.807, 2.05) is 19.2 Å². The lowest BCUT2D eigenvalue weighted by Crippen LogP contribution is -2.74. The van der Waals surface area contributed by atoms with E-state index in [2.05, 4.69) is 4.90 Å². The van der Waals surface area contributed by atoms with Crippen molar-refractivity contribution in [2.75, 3.05) is 20.7 Å². The maximum Gasteiger partial charge on any atom is 0.349 e. The minimum Gasteiger partial charge on any atom is -0.493 e. The highest BCUT2D eigenvalue weighted by Crippen LogP contribution is 2.65. The number of hydrogen-bond donors (Lipinski definition) is 2. The van der Waals surface area contributed by atoms with Crippen LogP contribution in [0.5, 0.6) is 11.5 Å². The van der Waals surface area contributed by atoms with Crippen LogP contribution in [0.3, 0.4) is 0 Å². The maximum absolute atomic E-state index is 13.3. The number of nitrogens with zero attached hydrogens (tertiary/aromatic N) is 1. The number of aliphatic hydroxyl groups is 1. The standard InChI is InChI=1S/C32H33NO11/c1-17(34)41-22(30(38)44-26(29(36)37)18-7-5-4-6-8-18)16-24(35)42-21-11-12-32(39)23-15-19-9-10-20(40-3)27-25(19)31(32,28(21)43-27)13-14-33(23)2/h4-11,22-23,26,28,39H,12-16H2,1-3H3,(H,36,37)/t22-,23-,26-,28-,31-,32+/m0/s1. The number of hydrogen-bond acceptors (Lipinski definition) is 11. The van der Waals surface area contributed by atoms with Crippen molar-refractivity contribution < 1.29 is 53.1 Å². The van der Waals surface area contributed by atoms with E-state index < -0.39 is 59.6 Å². The van der Waals surface area contributed by atoms with Gasteiger partial charge in [0, 0.05) is 30.5 Å². The summed E-state index contributed by atoms with van der Waals surface area (Å²) in [4.78, 5) is 52.2. The molecule has 12 nitrogen and oxygen atoms in total. The Balaban J connectivity index is 1.26. The van der Waals surface area contributed by atoms with Crippen LogP contribution in [0.15, 0.2) is 54.3 Å². The van der Waals surface area contributed by atoms with Crippen molar-refractivity contribution in [1.82, 2.24) is 4.90 Å². The number of piperidine rings is 1. The summed E-state index contributed by atoms with van der Waals surface area (Å²) in [6, 6.07) is 11.4. The Bertz CT molecular complexity index is 1550. The average molecular weight is 608 g/mol. The molecule has 44 heavy (non-hydrogen) atoms. The van der Waals surface area contributed by atoms with Crippen LogP contribution in [0, 0.1) is 0 Å². The van der Waals surface area contributed by atoms with E-state index in [0.29, 0.717) is 30.9 Å². The molecule has 1 fully saturated rings. The van der Waals surface area contributed by atoms with Crippen LogP contribution < -0.4 is 9.47 Å². The number of likely N-dealkylation sites (N-methyl/N-ethyl adjacent to an activating group) is 1. The second-order valence-electron chi connectivity index (χ2n) is 11.6. The van der Waals surface area contributed by atoms with E-state index in [4.69, 9.17) is 23.7 Å². The first kappa shape index (κ1) is 29.6. The predicted molar refractivity (Wildman–Crippen MR) is 151 cm³/mol. The molecule has 12 heteroatoms. The Morgan fingerprint density at radius 2 is 1.86 bits per heavy atom. The van der Waals surface area contributed by atoms with E-state index in [9.17, 15) is 29.4 Å². The van der Waals surface area contributed by atoms with Crippen molar-refractivity contribution in [2.45, 2.75) is 68.0 Å². The molecular weight excluding hydrogens is 574 g/mol. The van der Waals surface area contributed by atoms with Gasteiger partial charge in [0.05, 0.1) is 24.5 Å². The van der Waals surface area contributed by atoms with Gasteiger partial charge < -0.3 is 38.8 Å². The summed E-state index contributed by atoms with van der Waals surface area (Å²) < 4.78 is 28.1. The van der Waals surface area contributed by atoms with Crippen LogP contribution in [0.4, 0.5) is 0 Å². The van der Waals surface area contributed by atoms with Gasteiger partial charge >= 0.3 is 23.9 Å². The predicted octanol–water partition coefficient (Wildman–Crippen LogP) is 2.21. The van der Waals surface area contributed by atoms with Gasteiger partial charge in [-0.05, 0) is 44.1 Å². The van der Waals surface area contributed by atoms with Crippen LogP contribution in [0.25, 0.3) is 0 Å². The molecule has 0 radical (unpaired) electrons. The second-order valence-corrected chi connectivity index (χ2v) is 11.6. The Kier molecular flexibility index (Phi) is 7.37. The third kappa shape index (κ3) is 4.51. The normalized spacial score (nSPS) is 27.5. The zero-order valence-corrected chi connectivity index (χ0v) is 24.5. The lowest BCUT2D eigenvalue weighted by molar-refractivity contribution is -0.180. The molecule has 6 atom stereocenters. The molecule has 0 aromatic heterocycles. The number of rotatable bonds is 9. The molecule has 2 N–H and O–H groups in total. The lowest BCUT2D eigenvalue weighted by atomic mass is 9.50. The monoisotopic (exact) mass is 607 g/mol. The van der Waals surface area contributed by atoms with Gasteiger partial charge in [-0.25, -0.2) is 9.59 Å². The van der Waals surface area contributed by atoms with Crippen molar-refractivity contribution in [3.05, 3.63) is 71.0 Å². The summed E-state index contributed by atoms with van der Waals surface area (Å²) in [6.45, 7) is 1.73. The average Bonchev–Trinajstić information content (AvgIpc) is 3.35. The molecular formula is C32H33NO11. The van der Waals surface area contributed by atoms with Gasteiger partial charge in [0.2, 0.25) is 12.2 Å². The summed E-state index contributed by atoms with van der Waals surface area (Å²) in [7, 11) is 3.52. The van der Waals surface area contributed by atoms with Gasteiger partial charge in [0.1, 0.15) is 5.76 Å². The van der Waals surface area contributed by atoms with Gasteiger partial charge in [0.15, 0.2) is 17.6 Å². The van der Waals surface area contributed by atoms with Gasteiger partial charge in [-0.1, -0.05) is 36.4 Å². The van der Waals surface area contributed by atoms with Gasteiger partial charge in [-0.2, -0.15) is 0 Å². The van der Waals surface area contributed by atoms with Crippen molar-refractivity contribution in [2.24, 2.45) is 0 Å². The molecule has 0 unspecified atom stereocenters. The summed E-state index contributed by atoms with van der Waals surface area (Å²) in [5.74, 6) is -3.30. The molecule has 6 rings (SSSR count). The van der Waals surface area contributed by atoms with E-state index in [1.165, 1.54) is 19.2 Å². The van der Waals surface area contributed by atoms with E-state index in [1.54, 1.807) is 24.3 Å². The highest BCUT2D eigenvalue weighted by molar-refractivity contribution is 5.87. The van der Waals surface area contributed by atoms with Crippen molar-refractivity contribution in [3.63, 3.8) is 0 Å². The first-order chi connectivity index (χ1) is 21.0. The molecule has 232 valence electrons. The molecule has 2 aliphatic heterocycles. The highest BCUT2D eigenvalue weighted by Gasteiger charge is 2.72. The summed E-state index contributed by atoms with van der Waals surface area (Å²) >= 11 is 0. The van der Waals surface area contributed by atoms with Crippen molar-refractivity contribution >= 4 is 23.9 Å². The number of carboxylic acids is 1. The van der Waals surface area contributed by atoms with E-state index in [0.717, 1.165) is 18.1 Å². The maximum atomic E-state index is 13.3. The number of benzene rings is 2. The van der Waals surface area contributed by atoms with Crippen LogP contribution in [-0.2, 0) is 45.2 Å². The number of aliphatic carboxylic acids is 1. The largest absolute Gasteiger partial charge is 0.493 e. The van der Waals surface area contributed by atoms with Crippen LogP contribution in [-0.4, -0.2) is 83.5 Å². The molecule has 2 aromatic carbocycles. The fourth-order valence-corrected chi connectivity index (χ4v) is 7.37. The van der Waals surface area contributed by atoms with E-state index >= 15 is 0 Å². The quantitative estimate of drug-likeness (QED) is 0.317. The summed E-state index contributed by atoms with van der Waals surface area (Å²) in [6.07, 6.45) is -2.09. The number of ether oxygens (including phenoxy) is 5. The first-order valence-corrected chi connectivity index (χ1v) is 14.4. The van der Waals surface area contributed by atoms with Crippen LogP contribution in [0.1, 0.15) is 49.0 Å². The molecule has 0 amide bonds. The van der Waals surface area contributed by atoms with Gasteiger partial charge in [0.25, 0.3) is 0 Å². The molecule has 4 aliphatic rings. The van der Waals surface area contributed by atoms with Gasteiger partial charge in [-0.3, -0.25) is 9.59 Å². The van der Waals surface area contributed by atoms with Gasteiger partial charge in [-0.15, -0.1) is 0 Å². The molecule has 2 bridgehead atoms. The number of methoxy groups -OCH3 is 1. The highest BCUT2D eigenvalue weighted by atomic mass is 16.6. The third-order valence-electron chi connectivity index (χ3n) is 9.27. The van der Waals surface area contributed by atoms with Crippen molar-refractivity contribution in [3.8, 4) is 11.5 Å². The molecule has 1 spiro atoms. The second kappa shape index (κ2) is 10.9. The Labute approximate surface area is 253 Å². The Morgan fingerprint density at radius 1 is 1.11 bits per heavy atom. The molecule has 1 saturated heterocycles. The topological polar surface area (TPSA) is 158 Å². The minimum atomic E-state index is -1.76. The fourth-order valence-electron chi connectivity index (χ4n) is 7.37. The summed E-state index contributed by atoms with van der Waals surface area (Å²) in [5, 5.41) is 22.0. The van der Waals surface area contributed by atoms with Crippen LogP contribution in [0.2, 0.25) is 0 Å². The molecule has 2 heterocycles. The zero-order valence-electron chi connectivity index (χ0n) is 24.5. The fraction of sp³-hybridized carbons (Fsp3) is 0.438. The molecule has 0 saturated carbocycles. The first-order valence-electron chi connectivity index (χ1n) is 14.4. The Hall–Kier alpha value is -4.42. The van der Waals surface area contributed by atoms with Crippen LogP contribution >= 0.6 is 0 Å². The third-order valence-corrected chi connectivity index (χ3v) is 9.27. The Morgan fingerprint density at radius 3 is 2.55 bits per heavy atom. The molecule has 2 aromatic rings. The number of carboxylic acid groups (broad SMARTS) is 1. The SMILES string of the molecule is COc1ccc2c3c1O[C@H]1C(OC(=O)C[C@H](OC(C)=O)C(=O)O[C@H](C(=O)O)c4ccccc4)=CC[C@@]4(O)[C@H](C2)N(C)CC[C@]314. The number of carbonyl (C=O) groups is 4. The minimum absolute atomic E-state index is 0.164. The molecule has 2 aliphatic carbocycles. The number of likely N-dealkylation sites (tertiary alicyclic amines) is 1. The zero-order chi connectivity index (χ0) is 31.4. The number of carbonyl (C=O) groups excluding carboxylic acids is 3. The van der Waals surface area contributed by atoms with E-state index in [-0.39, 0.29) is 23.8 Å². The number of esters is 3. The smallest absolute Gasteiger partial charge is 0.349 e. The summed E-state index contributed by atoms with van der Waals surface area (Å²) in [5.41, 5.74) is -0.0461. The van der Waals surface area contributed by atoms with Crippen molar-refractivity contribution in [1.29, 1.82) is 0 Å².